The van der Waals surface area contributed by atoms with Gasteiger partial charge in [-0.15, -0.1) is 11.3 Å². The molecule has 136 valence electrons. The summed E-state index contributed by atoms with van der Waals surface area (Å²) in [4.78, 5) is 4.70. The lowest BCUT2D eigenvalue weighted by Crippen LogP contribution is -2.24. The van der Waals surface area contributed by atoms with E-state index in [4.69, 9.17) is 9.72 Å². The lowest BCUT2D eigenvalue weighted by molar-refractivity contribution is 0.340. The van der Waals surface area contributed by atoms with Gasteiger partial charge in [-0.25, -0.2) is 13.4 Å². The molecule has 0 atom stereocenters. The van der Waals surface area contributed by atoms with Crippen LogP contribution in [0.5, 0.6) is 5.75 Å². The number of hydrogen-bond acceptors (Lipinski definition) is 5. The van der Waals surface area contributed by atoms with Gasteiger partial charge in [-0.3, -0.25) is 4.31 Å². The molecule has 0 bridgehead atoms. The van der Waals surface area contributed by atoms with Crippen molar-refractivity contribution in [1.82, 2.24) is 4.98 Å². The number of rotatable bonds is 6. The summed E-state index contributed by atoms with van der Waals surface area (Å²) in [6.07, 6.45) is 1.18. The minimum Gasteiger partial charge on any atom is -0.494 e. The summed E-state index contributed by atoms with van der Waals surface area (Å²) in [7, 11) is -1.72. The lowest BCUT2D eigenvalue weighted by atomic mass is 10.1. The normalized spacial score (nSPS) is 11.3. The molecule has 1 heterocycles. The van der Waals surface area contributed by atoms with Crippen LogP contribution >= 0.6 is 11.3 Å². The van der Waals surface area contributed by atoms with Crippen LogP contribution in [0, 0.1) is 0 Å². The fourth-order valence-electron chi connectivity index (χ4n) is 2.43. The Morgan fingerprint density at radius 1 is 1.04 bits per heavy atom. The molecule has 0 saturated carbocycles. The molecule has 0 fully saturated rings. The average molecular weight is 389 g/mol. The summed E-state index contributed by atoms with van der Waals surface area (Å²) in [5, 5.41) is 2.93. The average Bonchev–Trinajstić information content (AvgIpc) is 3.11. The van der Waals surface area contributed by atoms with Crippen molar-refractivity contribution in [1.29, 1.82) is 0 Å². The van der Waals surface area contributed by atoms with Crippen LogP contribution in [0.15, 0.2) is 53.9 Å². The molecule has 0 unspecified atom stereocenters. The molecule has 0 saturated heterocycles. The van der Waals surface area contributed by atoms with Gasteiger partial charge in [0.1, 0.15) is 10.8 Å². The summed E-state index contributed by atoms with van der Waals surface area (Å²) in [6.45, 7) is 2.60. The van der Waals surface area contributed by atoms with Crippen LogP contribution in [0.25, 0.3) is 21.8 Å². The molecule has 7 heteroatoms. The Kier molecular flexibility index (Phi) is 5.29. The molecule has 3 aromatic rings. The Morgan fingerprint density at radius 2 is 1.65 bits per heavy atom. The van der Waals surface area contributed by atoms with Crippen molar-refractivity contribution in [2.24, 2.45) is 0 Å². The molecular weight excluding hydrogens is 368 g/mol. The molecule has 1 aromatic heterocycles. The summed E-state index contributed by atoms with van der Waals surface area (Å²) in [6, 6.07) is 15.2. The van der Waals surface area contributed by atoms with Crippen molar-refractivity contribution in [2.75, 3.05) is 24.2 Å². The molecule has 26 heavy (non-hydrogen) atoms. The molecule has 0 spiro atoms. The van der Waals surface area contributed by atoms with Gasteiger partial charge in [0, 0.05) is 23.6 Å². The van der Waals surface area contributed by atoms with Crippen molar-refractivity contribution in [3.8, 4) is 27.6 Å². The SMILES string of the molecule is CCOc1ccc(-c2nc(-c3ccc(N(C)S(C)(=O)=O)cc3)cs2)cc1. The van der Waals surface area contributed by atoms with E-state index in [1.165, 1.54) is 17.6 Å². The number of thiazole rings is 1. The maximum absolute atomic E-state index is 11.6. The molecule has 0 radical (unpaired) electrons. The van der Waals surface area contributed by atoms with Gasteiger partial charge in [0.2, 0.25) is 10.0 Å². The first kappa shape index (κ1) is 18.4. The smallest absolute Gasteiger partial charge is 0.231 e. The molecule has 0 aliphatic heterocycles. The van der Waals surface area contributed by atoms with Crippen LogP contribution in [0.3, 0.4) is 0 Å². The third-order valence-corrected chi connectivity index (χ3v) is 6.04. The van der Waals surface area contributed by atoms with Crippen LogP contribution < -0.4 is 9.04 Å². The number of anilines is 1. The molecular formula is C19H20N2O3S2. The zero-order valence-corrected chi connectivity index (χ0v) is 16.5. The van der Waals surface area contributed by atoms with Gasteiger partial charge in [-0.1, -0.05) is 12.1 Å². The van der Waals surface area contributed by atoms with Gasteiger partial charge in [0.05, 0.1) is 24.2 Å². The summed E-state index contributed by atoms with van der Waals surface area (Å²) < 4.78 is 30.0. The van der Waals surface area contributed by atoms with Gasteiger partial charge in [0.25, 0.3) is 0 Å². The third-order valence-electron chi connectivity index (χ3n) is 3.94. The second kappa shape index (κ2) is 7.47. The molecule has 2 aromatic carbocycles. The second-order valence-electron chi connectivity index (χ2n) is 5.77. The van der Waals surface area contributed by atoms with E-state index in [0.717, 1.165) is 27.6 Å². The highest BCUT2D eigenvalue weighted by molar-refractivity contribution is 7.92. The van der Waals surface area contributed by atoms with Crippen LogP contribution in [0.4, 0.5) is 5.69 Å². The first-order chi connectivity index (χ1) is 12.4. The van der Waals surface area contributed by atoms with Gasteiger partial charge in [-0.05, 0) is 43.3 Å². The van der Waals surface area contributed by atoms with Crippen LogP contribution in [0.2, 0.25) is 0 Å². The van der Waals surface area contributed by atoms with Crippen molar-refractivity contribution in [3.63, 3.8) is 0 Å². The number of benzene rings is 2. The van der Waals surface area contributed by atoms with E-state index in [1.807, 2.05) is 48.7 Å². The maximum Gasteiger partial charge on any atom is 0.231 e. The Hall–Kier alpha value is -2.38. The molecule has 0 N–H and O–H groups in total. The fraction of sp³-hybridized carbons (Fsp3) is 0.211. The van der Waals surface area contributed by atoms with Gasteiger partial charge < -0.3 is 4.74 Å². The van der Waals surface area contributed by atoms with Crippen LogP contribution in [-0.4, -0.2) is 33.3 Å². The van der Waals surface area contributed by atoms with Crippen molar-refractivity contribution in [2.45, 2.75) is 6.92 Å². The molecule has 0 aliphatic carbocycles. The van der Waals surface area contributed by atoms with E-state index >= 15 is 0 Å². The van der Waals surface area contributed by atoms with Crippen molar-refractivity contribution >= 4 is 27.0 Å². The van der Waals surface area contributed by atoms with Crippen LogP contribution in [0.1, 0.15) is 6.92 Å². The zero-order chi connectivity index (χ0) is 18.7. The standard InChI is InChI=1S/C19H20N2O3S2/c1-4-24-17-11-7-15(8-12-17)19-20-18(13-25-19)14-5-9-16(10-6-14)21(2)26(3,22)23/h5-13H,4H2,1-3H3. The number of sulfonamides is 1. The first-order valence-corrected chi connectivity index (χ1v) is 10.8. The van der Waals surface area contributed by atoms with E-state index in [0.29, 0.717) is 12.3 Å². The highest BCUT2D eigenvalue weighted by Gasteiger charge is 2.12. The zero-order valence-electron chi connectivity index (χ0n) is 14.8. The number of nitrogens with zero attached hydrogens (tertiary/aromatic N) is 2. The quantitative estimate of drug-likeness (QED) is 0.633. The minimum atomic E-state index is -3.26. The summed E-state index contributed by atoms with van der Waals surface area (Å²) >= 11 is 1.57. The Labute approximate surface area is 157 Å². The van der Waals surface area contributed by atoms with E-state index in [2.05, 4.69) is 0 Å². The monoisotopic (exact) mass is 388 g/mol. The van der Waals surface area contributed by atoms with Gasteiger partial charge in [-0.2, -0.15) is 0 Å². The largest absolute Gasteiger partial charge is 0.494 e. The second-order valence-corrected chi connectivity index (χ2v) is 8.64. The lowest BCUT2D eigenvalue weighted by Gasteiger charge is -2.16. The maximum atomic E-state index is 11.6. The van der Waals surface area contributed by atoms with E-state index in [9.17, 15) is 8.42 Å². The number of hydrogen-bond donors (Lipinski definition) is 0. The Morgan fingerprint density at radius 3 is 2.23 bits per heavy atom. The predicted octanol–water partition coefficient (Wildman–Crippen LogP) is 4.27. The minimum absolute atomic E-state index is 0.623. The van der Waals surface area contributed by atoms with Gasteiger partial charge >= 0.3 is 0 Å². The third kappa shape index (κ3) is 4.05. The topological polar surface area (TPSA) is 59.5 Å². The van der Waals surface area contributed by atoms with Crippen molar-refractivity contribution < 1.29 is 13.2 Å². The van der Waals surface area contributed by atoms with E-state index in [1.54, 1.807) is 23.5 Å². The molecule has 3 rings (SSSR count). The van der Waals surface area contributed by atoms with Crippen molar-refractivity contribution in [3.05, 3.63) is 53.9 Å². The predicted molar refractivity (Wildman–Crippen MR) is 107 cm³/mol. The van der Waals surface area contributed by atoms with Crippen LogP contribution in [-0.2, 0) is 10.0 Å². The highest BCUT2D eigenvalue weighted by Crippen LogP contribution is 2.31. The molecule has 5 nitrogen and oxygen atoms in total. The van der Waals surface area contributed by atoms with E-state index in [-0.39, 0.29) is 0 Å². The van der Waals surface area contributed by atoms with Gasteiger partial charge in [0.15, 0.2) is 0 Å². The summed E-state index contributed by atoms with van der Waals surface area (Å²) in [5.74, 6) is 0.846. The molecule has 0 amide bonds. The number of aromatic nitrogens is 1. The number of ether oxygens (including phenoxy) is 1. The molecule has 0 aliphatic rings. The first-order valence-electron chi connectivity index (χ1n) is 8.11. The Balaban J connectivity index is 1.81. The highest BCUT2D eigenvalue weighted by atomic mass is 32.2. The summed E-state index contributed by atoms with van der Waals surface area (Å²) in [5.41, 5.74) is 3.48. The van der Waals surface area contributed by atoms with E-state index < -0.39 is 10.0 Å². The fourth-order valence-corrected chi connectivity index (χ4v) is 3.77. The Bertz CT molecular complexity index is 978.